The third-order valence-corrected chi connectivity index (χ3v) is 8.10. The van der Waals surface area contributed by atoms with Gasteiger partial charge in [-0.1, -0.05) is 0 Å². The molecule has 1 spiro atoms. The van der Waals surface area contributed by atoms with Gasteiger partial charge in [0.05, 0.1) is 11.3 Å². The van der Waals surface area contributed by atoms with Crippen molar-refractivity contribution in [2.45, 2.75) is 56.7 Å². The van der Waals surface area contributed by atoms with Crippen LogP contribution in [0.25, 0.3) is 0 Å². The minimum atomic E-state index is -4.55. The third-order valence-electron chi connectivity index (χ3n) is 6.47. The van der Waals surface area contributed by atoms with Crippen molar-refractivity contribution in [3.05, 3.63) is 29.3 Å². The first-order chi connectivity index (χ1) is 12.4. The molecule has 1 saturated carbocycles. The molecule has 2 nitrogen and oxygen atoms in total. The molecule has 1 aromatic heterocycles. The highest BCUT2D eigenvalue weighted by Gasteiger charge is 2.42. The Hall–Kier alpha value is -0.820. The highest BCUT2D eigenvalue weighted by Crippen LogP contribution is 2.47. The summed E-state index contributed by atoms with van der Waals surface area (Å²) in [5, 5.41) is 0. The minimum absolute atomic E-state index is 0.0623. The van der Waals surface area contributed by atoms with Gasteiger partial charge in [0.15, 0.2) is 0 Å². The lowest BCUT2D eigenvalue weighted by molar-refractivity contribution is -0.138. The van der Waals surface area contributed by atoms with E-state index in [0.717, 1.165) is 45.0 Å². The van der Waals surface area contributed by atoms with Crippen molar-refractivity contribution in [3.8, 4) is 0 Å². The van der Waals surface area contributed by atoms with E-state index in [1.54, 1.807) is 0 Å². The maximum absolute atomic E-state index is 14.2. The monoisotopic (exact) mass is 388 g/mol. The van der Waals surface area contributed by atoms with E-state index in [4.69, 9.17) is 0 Å². The molecule has 1 aromatic rings. The highest BCUT2D eigenvalue weighted by molar-refractivity contribution is 8.00. The first-order valence-corrected chi connectivity index (χ1v) is 10.6. The summed E-state index contributed by atoms with van der Waals surface area (Å²) in [7, 11) is 0. The molecule has 0 bridgehead atoms. The van der Waals surface area contributed by atoms with Gasteiger partial charge in [0, 0.05) is 18.2 Å². The molecule has 0 radical (unpaired) electrons. The maximum Gasteiger partial charge on any atom is 0.417 e. The van der Waals surface area contributed by atoms with Gasteiger partial charge >= 0.3 is 6.18 Å². The number of alkyl halides is 3. The number of likely N-dealkylation sites (tertiary alicyclic amines) is 1. The molecule has 4 rings (SSSR count). The fraction of sp³-hybridized carbons (Fsp3) is 0.737. The summed E-state index contributed by atoms with van der Waals surface area (Å²) in [5.74, 6) is 1.75. The third kappa shape index (κ3) is 3.61. The van der Waals surface area contributed by atoms with Crippen LogP contribution in [0.4, 0.5) is 17.6 Å². The Morgan fingerprint density at radius 3 is 2.23 bits per heavy atom. The van der Waals surface area contributed by atoms with Crippen LogP contribution in [0, 0.1) is 11.2 Å². The SMILES string of the molecule is Fc1cc(C(F)(F)F)cnc1C1CCC(N2CCC3(CC2)CSC3)CC1. The number of rotatable bonds is 2. The van der Waals surface area contributed by atoms with Gasteiger partial charge in [0.2, 0.25) is 0 Å². The van der Waals surface area contributed by atoms with Crippen LogP contribution in [0.5, 0.6) is 0 Å². The molecule has 26 heavy (non-hydrogen) atoms. The highest BCUT2D eigenvalue weighted by atomic mass is 32.2. The van der Waals surface area contributed by atoms with Crippen LogP contribution in [0.3, 0.4) is 0 Å². The number of pyridine rings is 1. The molecule has 2 aliphatic heterocycles. The lowest BCUT2D eigenvalue weighted by atomic mass is 9.78. The Morgan fingerprint density at radius 2 is 1.73 bits per heavy atom. The van der Waals surface area contributed by atoms with Gasteiger partial charge in [0.25, 0.3) is 0 Å². The van der Waals surface area contributed by atoms with E-state index < -0.39 is 17.6 Å². The van der Waals surface area contributed by atoms with Crippen molar-refractivity contribution in [3.63, 3.8) is 0 Å². The van der Waals surface area contributed by atoms with Crippen LogP contribution in [0.1, 0.15) is 55.7 Å². The summed E-state index contributed by atoms with van der Waals surface area (Å²) in [6, 6.07) is 1.13. The van der Waals surface area contributed by atoms with Gasteiger partial charge < -0.3 is 4.90 Å². The Kier molecular flexibility index (Phi) is 4.97. The zero-order valence-corrected chi connectivity index (χ0v) is 15.5. The first kappa shape index (κ1) is 18.5. The molecule has 0 aromatic carbocycles. The van der Waals surface area contributed by atoms with Gasteiger partial charge in [0.1, 0.15) is 5.82 Å². The lowest BCUT2D eigenvalue weighted by Crippen LogP contribution is -2.50. The summed E-state index contributed by atoms with van der Waals surface area (Å²) in [6.45, 7) is 2.31. The average Bonchev–Trinajstić information content (AvgIpc) is 2.60. The van der Waals surface area contributed by atoms with Crippen molar-refractivity contribution in [1.29, 1.82) is 0 Å². The fourth-order valence-electron chi connectivity index (χ4n) is 4.66. The predicted molar refractivity (Wildman–Crippen MR) is 94.8 cm³/mol. The van der Waals surface area contributed by atoms with Crippen molar-refractivity contribution in [1.82, 2.24) is 9.88 Å². The van der Waals surface area contributed by atoms with Crippen molar-refractivity contribution in [2.24, 2.45) is 5.41 Å². The van der Waals surface area contributed by atoms with Crippen molar-refractivity contribution in [2.75, 3.05) is 24.6 Å². The second-order valence-electron chi connectivity index (χ2n) is 8.12. The van der Waals surface area contributed by atoms with Crippen LogP contribution in [0.2, 0.25) is 0 Å². The summed E-state index contributed by atoms with van der Waals surface area (Å²) in [6.07, 6.45) is 2.36. The number of thioether (sulfide) groups is 1. The number of hydrogen-bond acceptors (Lipinski definition) is 3. The molecule has 144 valence electrons. The van der Waals surface area contributed by atoms with Gasteiger partial charge in [-0.05, 0) is 74.6 Å². The van der Waals surface area contributed by atoms with Crippen LogP contribution in [0.15, 0.2) is 12.3 Å². The standard InChI is InChI=1S/C19H24F4N2S/c20-16-9-14(19(21,22)23)10-24-17(16)13-1-3-15(4-2-13)25-7-5-18(6-8-25)11-26-12-18/h9-10,13,15H,1-8,11-12H2. The second kappa shape index (κ2) is 6.97. The predicted octanol–water partition coefficient (Wildman–Crippen LogP) is 5.09. The van der Waals surface area contributed by atoms with Crippen LogP contribution in [-0.2, 0) is 6.18 Å². The Labute approximate surface area is 155 Å². The smallest absolute Gasteiger partial charge is 0.300 e. The zero-order chi connectivity index (χ0) is 18.4. The molecule has 3 heterocycles. The van der Waals surface area contributed by atoms with Gasteiger partial charge in [-0.2, -0.15) is 24.9 Å². The topological polar surface area (TPSA) is 16.1 Å². The zero-order valence-electron chi connectivity index (χ0n) is 14.7. The van der Waals surface area contributed by atoms with E-state index in [9.17, 15) is 17.6 Å². The molecule has 2 saturated heterocycles. The molecule has 7 heteroatoms. The minimum Gasteiger partial charge on any atom is -0.300 e. The van der Waals surface area contributed by atoms with E-state index in [2.05, 4.69) is 9.88 Å². The molecular formula is C19H24F4N2S. The van der Waals surface area contributed by atoms with Crippen molar-refractivity contribution < 1.29 is 17.6 Å². The Bertz CT molecular complexity index is 641. The van der Waals surface area contributed by atoms with Crippen molar-refractivity contribution >= 4 is 11.8 Å². The van der Waals surface area contributed by atoms with Crippen LogP contribution >= 0.6 is 11.8 Å². The molecule has 1 aliphatic carbocycles. The van der Waals surface area contributed by atoms with E-state index >= 15 is 0 Å². The first-order valence-electron chi connectivity index (χ1n) is 9.41. The number of nitrogens with zero attached hydrogens (tertiary/aromatic N) is 2. The molecular weight excluding hydrogens is 364 g/mol. The number of halogens is 4. The number of piperidine rings is 1. The second-order valence-corrected chi connectivity index (χ2v) is 9.11. The average molecular weight is 388 g/mol. The van der Waals surface area contributed by atoms with Crippen LogP contribution in [-0.4, -0.2) is 40.5 Å². The van der Waals surface area contributed by atoms with Gasteiger partial charge in [-0.3, -0.25) is 4.98 Å². The maximum atomic E-state index is 14.2. The Balaban J connectivity index is 1.34. The van der Waals surface area contributed by atoms with Gasteiger partial charge in [-0.25, -0.2) is 4.39 Å². The van der Waals surface area contributed by atoms with E-state index in [1.807, 2.05) is 11.8 Å². The van der Waals surface area contributed by atoms with E-state index in [-0.39, 0.29) is 11.6 Å². The lowest BCUT2D eigenvalue weighted by Gasteiger charge is -2.49. The largest absolute Gasteiger partial charge is 0.417 e. The summed E-state index contributed by atoms with van der Waals surface area (Å²) >= 11 is 2.05. The molecule has 3 aliphatic rings. The molecule has 0 atom stereocenters. The van der Waals surface area contributed by atoms with Gasteiger partial charge in [-0.15, -0.1) is 0 Å². The molecule has 3 fully saturated rings. The fourth-order valence-corrected chi connectivity index (χ4v) is 6.02. The summed E-state index contributed by atoms with van der Waals surface area (Å²) < 4.78 is 52.2. The number of aromatic nitrogens is 1. The van der Waals surface area contributed by atoms with E-state index in [0.29, 0.717) is 17.5 Å². The molecule has 0 amide bonds. The quantitative estimate of drug-likeness (QED) is 0.656. The summed E-state index contributed by atoms with van der Waals surface area (Å²) in [4.78, 5) is 6.42. The summed E-state index contributed by atoms with van der Waals surface area (Å²) in [5.41, 5.74) is -0.199. The normalized spacial score (nSPS) is 29.5. The molecule has 0 unspecified atom stereocenters. The molecule has 0 N–H and O–H groups in total. The Morgan fingerprint density at radius 1 is 1.08 bits per heavy atom. The van der Waals surface area contributed by atoms with Crippen LogP contribution < -0.4 is 0 Å². The number of hydrogen-bond donors (Lipinski definition) is 0. The van der Waals surface area contributed by atoms with E-state index in [1.165, 1.54) is 24.3 Å².